The Morgan fingerprint density at radius 1 is 1.58 bits per heavy atom. The Kier molecular flexibility index (Phi) is 2.23. The van der Waals surface area contributed by atoms with Crippen LogP contribution in [-0.2, 0) is 0 Å². The molecule has 1 heterocycles. The van der Waals surface area contributed by atoms with Crippen molar-refractivity contribution in [1.82, 2.24) is 4.98 Å². The van der Waals surface area contributed by atoms with Gasteiger partial charge in [0, 0.05) is 6.20 Å². The number of aliphatic imine (C=N–C) groups is 1. The highest BCUT2D eigenvalue weighted by Gasteiger charge is 1.99. The summed E-state index contributed by atoms with van der Waals surface area (Å²) in [4.78, 5) is 7.49. The van der Waals surface area contributed by atoms with Crippen LogP contribution in [0, 0.1) is 11.3 Å². The van der Waals surface area contributed by atoms with Crippen LogP contribution in [0.15, 0.2) is 23.3 Å². The van der Waals surface area contributed by atoms with Crippen molar-refractivity contribution in [2.24, 2.45) is 16.5 Å². The number of nitrogens with zero attached hydrogens (tertiary/aromatic N) is 3. The minimum Gasteiger partial charge on any atom is -0.370 e. The minimum absolute atomic E-state index is 0.106. The predicted molar refractivity (Wildman–Crippen MR) is 44.4 cm³/mol. The van der Waals surface area contributed by atoms with Gasteiger partial charge in [0.05, 0.1) is 5.56 Å². The lowest BCUT2D eigenvalue weighted by Crippen LogP contribution is -2.22. The van der Waals surface area contributed by atoms with Crippen LogP contribution in [0.2, 0.25) is 0 Å². The van der Waals surface area contributed by atoms with Crippen molar-refractivity contribution in [3.63, 3.8) is 0 Å². The third-order valence-corrected chi connectivity index (χ3v) is 1.14. The molecule has 0 aliphatic heterocycles. The minimum atomic E-state index is -0.106. The van der Waals surface area contributed by atoms with Gasteiger partial charge in [-0.25, -0.2) is 4.98 Å². The molecule has 0 aliphatic carbocycles. The zero-order chi connectivity index (χ0) is 8.97. The van der Waals surface area contributed by atoms with Gasteiger partial charge in [0.1, 0.15) is 6.07 Å². The lowest BCUT2D eigenvalue weighted by atomic mass is 10.3. The third kappa shape index (κ3) is 1.70. The van der Waals surface area contributed by atoms with Gasteiger partial charge in [0.15, 0.2) is 11.8 Å². The summed E-state index contributed by atoms with van der Waals surface area (Å²) in [7, 11) is 0. The molecule has 0 fully saturated rings. The molecule has 0 saturated carbocycles. The number of hydrogen-bond acceptors (Lipinski definition) is 3. The van der Waals surface area contributed by atoms with Crippen molar-refractivity contribution < 1.29 is 0 Å². The smallest absolute Gasteiger partial charge is 0.192 e. The van der Waals surface area contributed by atoms with Crippen molar-refractivity contribution in [2.45, 2.75) is 0 Å². The first-order valence-corrected chi connectivity index (χ1v) is 3.19. The van der Waals surface area contributed by atoms with E-state index in [1.807, 2.05) is 6.07 Å². The van der Waals surface area contributed by atoms with Gasteiger partial charge in [-0.3, -0.25) is 0 Å². The molecule has 0 spiro atoms. The third-order valence-electron chi connectivity index (χ3n) is 1.14. The molecular weight excluding hydrogens is 154 g/mol. The van der Waals surface area contributed by atoms with Crippen LogP contribution in [-0.4, -0.2) is 10.9 Å². The van der Waals surface area contributed by atoms with Gasteiger partial charge >= 0.3 is 0 Å². The van der Waals surface area contributed by atoms with Crippen LogP contribution >= 0.6 is 0 Å². The molecule has 1 aromatic heterocycles. The fourth-order valence-electron chi connectivity index (χ4n) is 0.696. The first-order valence-electron chi connectivity index (χ1n) is 3.19. The number of guanidine groups is 1. The van der Waals surface area contributed by atoms with Crippen LogP contribution in [0.4, 0.5) is 5.82 Å². The second kappa shape index (κ2) is 3.34. The summed E-state index contributed by atoms with van der Waals surface area (Å²) in [6, 6.07) is 5.16. The summed E-state index contributed by atoms with van der Waals surface area (Å²) in [5, 5.41) is 8.59. The molecule has 0 unspecified atom stereocenters. The Labute approximate surface area is 69.3 Å². The Balaban J connectivity index is 3.17. The van der Waals surface area contributed by atoms with Gasteiger partial charge in [0.25, 0.3) is 0 Å². The topological polar surface area (TPSA) is 101 Å². The molecule has 0 aliphatic rings. The molecule has 12 heavy (non-hydrogen) atoms. The van der Waals surface area contributed by atoms with Gasteiger partial charge < -0.3 is 11.5 Å². The quantitative estimate of drug-likeness (QED) is 0.442. The summed E-state index contributed by atoms with van der Waals surface area (Å²) in [6.07, 6.45) is 1.52. The highest BCUT2D eigenvalue weighted by atomic mass is 15.0. The second-order valence-corrected chi connectivity index (χ2v) is 2.02. The molecular formula is C7H7N5. The van der Waals surface area contributed by atoms with Crippen molar-refractivity contribution in [2.75, 3.05) is 0 Å². The summed E-state index contributed by atoms with van der Waals surface area (Å²) < 4.78 is 0. The molecule has 0 saturated heterocycles. The van der Waals surface area contributed by atoms with E-state index in [9.17, 15) is 0 Å². The first kappa shape index (κ1) is 8.01. The summed E-state index contributed by atoms with van der Waals surface area (Å²) in [5.74, 6) is 0.144. The average molecular weight is 161 g/mol. The Morgan fingerprint density at radius 3 is 2.92 bits per heavy atom. The van der Waals surface area contributed by atoms with Crippen molar-refractivity contribution in [1.29, 1.82) is 5.26 Å². The van der Waals surface area contributed by atoms with Gasteiger partial charge in [-0.1, -0.05) is 0 Å². The van der Waals surface area contributed by atoms with E-state index in [0.29, 0.717) is 5.56 Å². The highest BCUT2D eigenvalue weighted by molar-refractivity contribution is 5.79. The predicted octanol–water partition coefficient (Wildman–Crippen LogP) is -0.142. The van der Waals surface area contributed by atoms with Crippen LogP contribution in [0.3, 0.4) is 0 Å². The highest BCUT2D eigenvalue weighted by Crippen LogP contribution is 2.12. The SMILES string of the molecule is N#Cc1cccnc1N=C(N)N. The lowest BCUT2D eigenvalue weighted by Gasteiger charge is -1.94. The Morgan fingerprint density at radius 2 is 2.33 bits per heavy atom. The largest absolute Gasteiger partial charge is 0.370 e. The molecule has 0 amide bonds. The zero-order valence-electron chi connectivity index (χ0n) is 6.23. The molecule has 60 valence electrons. The number of aromatic nitrogens is 1. The molecule has 0 atom stereocenters. The van der Waals surface area contributed by atoms with Crippen LogP contribution in [0.25, 0.3) is 0 Å². The van der Waals surface area contributed by atoms with E-state index < -0.39 is 0 Å². The number of nitriles is 1. The monoisotopic (exact) mass is 161 g/mol. The van der Waals surface area contributed by atoms with Crippen LogP contribution in [0.5, 0.6) is 0 Å². The first-order chi connectivity index (χ1) is 5.74. The van der Waals surface area contributed by atoms with E-state index in [0.717, 1.165) is 0 Å². The van der Waals surface area contributed by atoms with E-state index >= 15 is 0 Å². The average Bonchev–Trinajstić information content (AvgIpc) is 2.04. The lowest BCUT2D eigenvalue weighted by molar-refractivity contribution is 1.24. The maximum Gasteiger partial charge on any atom is 0.192 e. The van der Waals surface area contributed by atoms with Gasteiger partial charge in [0.2, 0.25) is 0 Å². The van der Waals surface area contributed by atoms with E-state index in [2.05, 4.69) is 9.98 Å². The molecule has 0 bridgehead atoms. The van der Waals surface area contributed by atoms with Crippen molar-refractivity contribution >= 4 is 11.8 Å². The zero-order valence-corrected chi connectivity index (χ0v) is 6.23. The summed E-state index contributed by atoms with van der Waals surface area (Å²) in [5.41, 5.74) is 10.6. The molecule has 1 aromatic rings. The Bertz CT molecular complexity index is 345. The van der Waals surface area contributed by atoms with Gasteiger partial charge in [-0.15, -0.1) is 0 Å². The molecule has 5 nitrogen and oxygen atoms in total. The molecule has 5 heteroatoms. The number of pyridine rings is 1. The van der Waals surface area contributed by atoms with Crippen molar-refractivity contribution in [3.8, 4) is 6.07 Å². The summed E-state index contributed by atoms with van der Waals surface area (Å²) in [6.45, 7) is 0. The van der Waals surface area contributed by atoms with Gasteiger partial charge in [-0.05, 0) is 12.1 Å². The van der Waals surface area contributed by atoms with Crippen LogP contribution in [0.1, 0.15) is 5.56 Å². The van der Waals surface area contributed by atoms with E-state index in [-0.39, 0.29) is 11.8 Å². The number of rotatable bonds is 1. The maximum absolute atomic E-state index is 8.59. The normalized spacial score (nSPS) is 8.58. The Hall–Kier alpha value is -2.09. The fraction of sp³-hybridized carbons (Fsp3) is 0. The fourth-order valence-corrected chi connectivity index (χ4v) is 0.696. The molecule has 1 rings (SSSR count). The van der Waals surface area contributed by atoms with Gasteiger partial charge in [-0.2, -0.15) is 10.3 Å². The number of nitrogens with two attached hydrogens (primary N) is 2. The standard InChI is InChI=1S/C7H7N5/c8-4-5-2-1-3-11-6(5)12-7(9)10/h1-3H,(H4,9,10,11,12). The second-order valence-electron chi connectivity index (χ2n) is 2.02. The maximum atomic E-state index is 8.59. The number of hydrogen-bond donors (Lipinski definition) is 2. The van der Waals surface area contributed by atoms with E-state index in [1.54, 1.807) is 12.1 Å². The van der Waals surface area contributed by atoms with E-state index in [1.165, 1.54) is 6.20 Å². The summed E-state index contributed by atoms with van der Waals surface area (Å²) >= 11 is 0. The van der Waals surface area contributed by atoms with Crippen LogP contribution < -0.4 is 11.5 Å². The van der Waals surface area contributed by atoms with Crippen molar-refractivity contribution in [3.05, 3.63) is 23.9 Å². The molecule has 0 aromatic carbocycles. The molecule has 4 N–H and O–H groups in total. The molecule has 0 radical (unpaired) electrons. The van der Waals surface area contributed by atoms with E-state index in [4.69, 9.17) is 16.7 Å².